The van der Waals surface area contributed by atoms with E-state index in [0.29, 0.717) is 44.4 Å². The molecule has 2 fully saturated rings. The SMILES string of the molecule is CCC(C)CC(=O)N1CCC2(CC1)CN(C(=O)CC(CC)CC)CCO2. The zero-order valence-electron chi connectivity index (χ0n) is 17.3. The lowest BCUT2D eigenvalue weighted by atomic mass is 9.88. The quantitative estimate of drug-likeness (QED) is 0.693. The Bertz CT molecular complexity index is 468. The van der Waals surface area contributed by atoms with Gasteiger partial charge in [0.1, 0.15) is 0 Å². The fourth-order valence-corrected chi connectivity index (χ4v) is 4.05. The first-order valence-electron chi connectivity index (χ1n) is 10.6. The predicted octanol–water partition coefficient (Wildman–Crippen LogP) is 3.47. The molecule has 1 spiro atoms. The van der Waals surface area contributed by atoms with Gasteiger partial charge in [0.05, 0.1) is 12.2 Å². The largest absolute Gasteiger partial charge is 0.371 e. The highest BCUT2D eigenvalue weighted by Crippen LogP contribution is 2.31. The van der Waals surface area contributed by atoms with Crippen LogP contribution >= 0.6 is 0 Å². The Labute approximate surface area is 159 Å². The van der Waals surface area contributed by atoms with Crippen LogP contribution in [-0.2, 0) is 14.3 Å². The van der Waals surface area contributed by atoms with Crippen LogP contribution in [0.3, 0.4) is 0 Å². The number of carbonyl (C=O) groups excluding carboxylic acids is 2. The van der Waals surface area contributed by atoms with Crippen molar-refractivity contribution in [2.45, 2.75) is 78.2 Å². The number of piperidine rings is 1. The minimum absolute atomic E-state index is 0.241. The van der Waals surface area contributed by atoms with E-state index in [4.69, 9.17) is 4.74 Å². The first-order valence-corrected chi connectivity index (χ1v) is 10.6. The van der Waals surface area contributed by atoms with E-state index in [1.165, 1.54) is 0 Å². The van der Waals surface area contributed by atoms with Crippen LogP contribution < -0.4 is 0 Å². The second-order valence-corrected chi connectivity index (χ2v) is 8.33. The number of rotatable bonds is 7. The van der Waals surface area contributed by atoms with Crippen molar-refractivity contribution in [3.8, 4) is 0 Å². The number of likely N-dealkylation sites (tertiary alicyclic amines) is 1. The summed E-state index contributed by atoms with van der Waals surface area (Å²) < 4.78 is 6.14. The Morgan fingerprint density at radius 1 is 0.923 bits per heavy atom. The third-order valence-electron chi connectivity index (χ3n) is 6.47. The Morgan fingerprint density at radius 2 is 1.54 bits per heavy atom. The number of amides is 2. The van der Waals surface area contributed by atoms with E-state index in [2.05, 4.69) is 27.7 Å². The molecule has 0 saturated carbocycles. The lowest BCUT2D eigenvalue weighted by Gasteiger charge is -2.47. The van der Waals surface area contributed by atoms with E-state index in [1.54, 1.807) is 0 Å². The summed E-state index contributed by atoms with van der Waals surface area (Å²) in [6, 6.07) is 0. The van der Waals surface area contributed by atoms with Crippen molar-refractivity contribution in [2.24, 2.45) is 11.8 Å². The molecular formula is C21H38N2O3. The summed E-state index contributed by atoms with van der Waals surface area (Å²) in [5, 5.41) is 0. The molecule has 0 aromatic rings. The van der Waals surface area contributed by atoms with Crippen LogP contribution in [0.4, 0.5) is 0 Å². The maximum absolute atomic E-state index is 12.7. The maximum Gasteiger partial charge on any atom is 0.223 e. The van der Waals surface area contributed by atoms with Gasteiger partial charge >= 0.3 is 0 Å². The fourth-order valence-electron chi connectivity index (χ4n) is 4.05. The average Bonchev–Trinajstić information content (AvgIpc) is 2.66. The van der Waals surface area contributed by atoms with Gasteiger partial charge in [-0.3, -0.25) is 9.59 Å². The van der Waals surface area contributed by atoms with Gasteiger partial charge in [0.25, 0.3) is 0 Å². The molecule has 1 atom stereocenters. The van der Waals surface area contributed by atoms with Gasteiger partial charge in [-0.05, 0) is 24.7 Å². The minimum atomic E-state index is -0.241. The molecule has 2 amide bonds. The Balaban J connectivity index is 1.87. The molecule has 2 heterocycles. The van der Waals surface area contributed by atoms with Crippen LogP contribution in [0.5, 0.6) is 0 Å². The molecular weight excluding hydrogens is 328 g/mol. The van der Waals surface area contributed by atoms with Crippen molar-refractivity contribution < 1.29 is 14.3 Å². The highest BCUT2D eigenvalue weighted by Gasteiger charge is 2.41. The summed E-state index contributed by atoms with van der Waals surface area (Å²) in [6.07, 6.45) is 6.14. The van der Waals surface area contributed by atoms with Crippen LogP contribution in [-0.4, -0.2) is 60.0 Å². The number of hydrogen-bond donors (Lipinski definition) is 0. The molecule has 2 saturated heterocycles. The molecule has 5 heteroatoms. The van der Waals surface area contributed by atoms with E-state index < -0.39 is 0 Å². The summed E-state index contributed by atoms with van der Waals surface area (Å²) in [4.78, 5) is 29.1. The number of nitrogens with zero attached hydrogens (tertiary/aromatic N) is 2. The molecule has 2 rings (SSSR count). The van der Waals surface area contributed by atoms with E-state index >= 15 is 0 Å². The summed E-state index contributed by atoms with van der Waals surface area (Å²) in [7, 11) is 0. The monoisotopic (exact) mass is 366 g/mol. The summed E-state index contributed by atoms with van der Waals surface area (Å²) in [5.41, 5.74) is -0.241. The van der Waals surface area contributed by atoms with Crippen LogP contribution in [0.25, 0.3) is 0 Å². The molecule has 0 aliphatic carbocycles. The number of hydrogen-bond acceptors (Lipinski definition) is 3. The van der Waals surface area contributed by atoms with Crippen LogP contribution in [0.15, 0.2) is 0 Å². The van der Waals surface area contributed by atoms with Crippen LogP contribution in [0, 0.1) is 11.8 Å². The molecule has 2 aliphatic rings. The zero-order valence-corrected chi connectivity index (χ0v) is 17.3. The van der Waals surface area contributed by atoms with Gasteiger partial charge in [0.15, 0.2) is 0 Å². The second-order valence-electron chi connectivity index (χ2n) is 8.33. The van der Waals surface area contributed by atoms with Gasteiger partial charge in [-0.25, -0.2) is 0 Å². The second kappa shape index (κ2) is 9.72. The number of morpholine rings is 1. The molecule has 0 N–H and O–H groups in total. The molecule has 150 valence electrons. The average molecular weight is 367 g/mol. The van der Waals surface area contributed by atoms with Crippen molar-refractivity contribution in [2.75, 3.05) is 32.8 Å². The van der Waals surface area contributed by atoms with Gasteiger partial charge in [-0.15, -0.1) is 0 Å². The van der Waals surface area contributed by atoms with Gasteiger partial charge in [-0.2, -0.15) is 0 Å². The molecule has 26 heavy (non-hydrogen) atoms. The molecule has 0 radical (unpaired) electrons. The van der Waals surface area contributed by atoms with Gasteiger partial charge < -0.3 is 14.5 Å². The van der Waals surface area contributed by atoms with Crippen molar-refractivity contribution in [3.05, 3.63) is 0 Å². The Hall–Kier alpha value is -1.10. The summed E-state index contributed by atoms with van der Waals surface area (Å²) in [5.74, 6) is 1.48. The van der Waals surface area contributed by atoms with Gasteiger partial charge in [0.2, 0.25) is 11.8 Å². The summed E-state index contributed by atoms with van der Waals surface area (Å²) >= 11 is 0. The Kier molecular flexibility index (Phi) is 7.93. The molecule has 0 aromatic heterocycles. The lowest BCUT2D eigenvalue weighted by molar-refractivity contribution is -0.164. The van der Waals surface area contributed by atoms with Gasteiger partial charge in [-0.1, -0.05) is 47.0 Å². The molecule has 1 unspecified atom stereocenters. The van der Waals surface area contributed by atoms with Crippen LogP contribution in [0.2, 0.25) is 0 Å². The normalized spacial score (nSPS) is 21.3. The number of ether oxygens (including phenoxy) is 1. The molecule has 0 bridgehead atoms. The van der Waals surface area contributed by atoms with Crippen molar-refractivity contribution in [1.29, 1.82) is 0 Å². The third kappa shape index (κ3) is 5.45. The lowest BCUT2D eigenvalue weighted by Crippen LogP contribution is -2.58. The highest BCUT2D eigenvalue weighted by molar-refractivity contribution is 5.77. The first-order chi connectivity index (χ1) is 12.4. The van der Waals surface area contributed by atoms with Crippen molar-refractivity contribution in [1.82, 2.24) is 9.80 Å². The maximum atomic E-state index is 12.7. The summed E-state index contributed by atoms with van der Waals surface area (Å²) in [6.45, 7) is 12.1. The number of carbonyl (C=O) groups is 2. The van der Waals surface area contributed by atoms with E-state index in [9.17, 15) is 9.59 Å². The van der Waals surface area contributed by atoms with E-state index in [0.717, 1.165) is 45.2 Å². The van der Waals surface area contributed by atoms with Crippen molar-refractivity contribution >= 4 is 11.8 Å². The van der Waals surface area contributed by atoms with E-state index in [1.807, 2.05) is 9.80 Å². The van der Waals surface area contributed by atoms with Crippen molar-refractivity contribution in [3.63, 3.8) is 0 Å². The topological polar surface area (TPSA) is 49.9 Å². The highest BCUT2D eigenvalue weighted by atomic mass is 16.5. The molecule has 0 aromatic carbocycles. The van der Waals surface area contributed by atoms with E-state index in [-0.39, 0.29) is 17.4 Å². The minimum Gasteiger partial charge on any atom is -0.371 e. The first kappa shape index (κ1) is 21.2. The van der Waals surface area contributed by atoms with Crippen LogP contribution in [0.1, 0.15) is 72.6 Å². The standard InChI is InChI=1S/C21H38N2O3/c1-5-17(4)14-19(24)22-10-8-21(9-11-22)16-23(12-13-26-21)20(25)15-18(6-2)7-3/h17-18H,5-16H2,1-4H3. The smallest absolute Gasteiger partial charge is 0.223 e. The zero-order chi connectivity index (χ0) is 19.2. The third-order valence-corrected chi connectivity index (χ3v) is 6.47. The van der Waals surface area contributed by atoms with Gasteiger partial charge in [0, 0.05) is 39.0 Å². The molecule has 2 aliphatic heterocycles. The predicted molar refractivity (Wildman–Crippen MR) is 104 cm³/mol. The fraction of sp³-hybridized carbons (Fsp3) is 0.905. The Morgan fingerprint density at radius 3 is 2.12 bits per heavy atom. The molecule has 5 nitrogen and oxygen atoms in total.